The van der Waals surface area contributed by atoms with Crippen molar-refractivity contribution in [2.75, 3.05) is 13.7 Å². The van der Waals surface area contributed by atoms with Crippen LogP contribution in [0.15, 0.2) is 24.3 Å². The van der Waals surface area contributed by atoms with Crippen molar-refractivity contribution in [3.63, 3.8) is 0 Å². The van der Waals surface area contributed by atoms with Crippen LogP contribution in [-0.4, -0.2) is 47.7 Å². The average Bonchev–Trinajstić information content (AvgIpc) is 2.64. The van der Waals surface area contributed by atoms with Crippen molar-refractivity contribution in [1.82, 2.24) is 4.90 Å². The summed E-state index contributed by atoms with van der Waals surface area (Å²) < 4.78 is 10.9. The molecule has 0 aliphatic carbocycles. The van der Waals surface area contributed by atoms with Gasteiger partial charge in [-0.2, -0.15) is 0 Å². The van der Waals surface area contributed by atoms with Gasteiger partial charge in [0.15, 0.2) is 0 Å². The number of hydrogen-bond donors (Lipinski definition) is 1. The van der Waals surface area contributed by atoms with E-state index < -0.39 is 12.1 Å². The van der Waals surface area contributed by atoms with E-state index in [0.29, 0.717) is 19.6 Å². The Hall–Kier alpha value is -2.08. The number of hydrogen-bond acceptors (Lipinski definition) is 4. The van der Waals surface area contributed by atoms with E-state index in [9.17, 15) is 9.59 Å². The maximum Gasteiger partial charge on any atom is 0.303 e. The number of carbonyl (C=O) groups excluding carboxylic acids is 1. The molecule has 0 radical (unpaired) electrons. The highest BCUT2D eigenvalue weighted by Crippen LogP contribution is 2.22. The van der Waals surface area contributed by atoms with E-state index in [1.54, 1.807) is 14.0 Å². The fraction of sp³-hybridized carbons (Fsp3) is 0.579. The van der Waals surface area contributed by atoms with E-state index in [0.717, 1.165) is 30.6 Å². The van der Waals surface area contributed by atoms with Crippen molar-refractivity contribution in [3.8, 4) is 5.75 Å². The smallest absolute Gasteiger partial charge is 0.303 e. The fourth-order valence-corrected chi connectivity index (χ4v) is 3.17. The van der Waals surface area contributed by atoms with Gasteiger partial charge in [-0.05, 0) is 50.3 Å². The van der Waals surface area contributed by atoms with E-state index >= 15 is 0 Å². The summed E-state index contributed by atoms with van der Waals surface area (Å²) >= 11 is 0. The zero-order valence-corrected chi connectivity index (χ0v) is 14.9. The largest absolute Gasteiger partial charge is 0.497 e. The first-order valence-corrected chi connectivity index (χ1v) is 8.78. The molecule has 1 aromatic rings. The Morgan fingerprint density at radius 2 is 2.16 bits per heavy atom. The molecule has 1 aliphatic heterocycles. The molecule has 1 N–H and O–H groups in total. The molecule has 2 unspecified atom stereocenters. The second-order valence-electron chi connectivity index (χ2n) is 6.42. The van der Waals surface area contributed by atoms with Crippen LogP contribution < -0.4 is 4.74 Å². The molecular weight excluding hydrogens is 322 g/mol. The Morgan fingerprint density at radius 1 is 1.36 bits per heavy atom. The second kappa shape index (κ2) is 9.42. The van der Waals surface area contributed by atoms with Crippen LogP contribution in [0.1, 0.15) is 44.6 Å². The number of carbonyl (C=O) groups is 2. The molecule has 1 saturated heterocycles. The van der Waals surface area contributed by atoms with Crippen LogP contribution in [0, 0.1) is 0 Å². The molecule has 2 atom stereocenters. The molecule has 1 amide bonds. The minimum atomic E-state index is -0.819. The van der Waals surface area contributed by atoms with E-state index in [4.69, 9.17) is 14.6 Å². The Bertz CT molecular complexity index is 589. The molecule has 0 spiro atoms. The van der Waals surface area contributed by atoms with Crippen molar-refractivity contribution in [3.05, 3.63) is 29.8 Å². The number of rotatable bonds is 8. The number of likely N-dealkylation sites (tertiary alicyclic amines) is 1. The van der Waals surface area contributed by atoms with Crippen LogP contribution in [0.2, 0.25) is 0 Å². The molecule has 25 heavy (non-hydrogen) atoms. The molecule has 0 aromatic heterocycles. The van der Waals surface area contributed by atoms with Crippen LogP contribution in [0.4, 0.5) is 0 Å². The standard InChI is InChI=1S/C19H27NO5/c1-14(25-13-15-6-5-8-17(12-15)24-2)19(23)20-11-4-3-7-16(20)9-10-18(21)22/h5-6,8,12,14,16H,3-4,7,9-11,13H2,1-2H3,(H,21,22). The lowest BCUT2D eigenvalue weighted by atomic mass is 9.97. The molecule has 2 rings (SSSR count). The van der Waals surface area contributed by atoms with Crippen molar-refractivity contribution < 1.29 is 24.2 Å². The van der Waals surface area contributed by atoms with Crippen molar-refractivity contribution in [2.24, 2.45) is 0 Å². The number of methoxy groups -OCH3 is 1. The molecule has 6 heteroatoms. The molecule has 1 aliphatic rings. The number of piperidine rings is 1. The highest BCUT2D eigenvalue weighted by molar-refractivity contribution is 5.81. The van der Waals surface area contributed by atoms with Gasteiger partial charge in [0.1, 0.15) is 11.9 Å². The number of ether oxygens (including phenoxy) is 2. The van der Waals surface area contributed by atoms with Crippen molar-refractivity contribution in [2.45, 2.75) is 57.8 Å². The van der Waals surface area contributed by atoms with Gasteiger partial charge in [0.05, 0.1) is 13.7 Å². The summed E-state index contributed by atoms with van der Waals surface area (Å²) in [6, 6.07) is 7.56. The predicted octanol–water partition coefficient (Wildman–Crippen LogP) is 2.85. The Labute approximate surface area is 148 Å². The number of nitrogens with zero attached hydrogens (tertiary/aromatic N) is 1. The molecule has 1 aromatic carbocycles. The van der Waals surface area contributed by atoms with Crippen LogP contribution in [0.25, 0.3) is 0 Å². The lowest BCUT2D eigenvalue weighted by molar-refractivity contribution is -0.148. The van der Waals surface area contributed by atoms with E-state index in [1.807, 2.05) is 29.2 Å². The third-order valence-corrected chi connectivity index (χ3v) is 4.58. The van der Waals surface area contributed by atoms with Crippen LogP contribution >= 0.6 is 0 Å². The maximum atomic E-state index is 12.7. The summed E-state index contributed by atoms with van der Waals surface area (Å²) in [6.45, 7) is 2.76. The van der Waals surface area contributed by atoms with Gasteiger partial charge < -0.3 is 19.5 Å². The topological polar surface area (TPSA) is 76.1 Å². The molecular formula is C19H27NO5. The normalized spacial score (nSPS) is 18.6. The van der Waals surface area contributed by atoms with Gasteiger partial charge in [0.2, 0.25) is 0 Å². The first-order valence-electron chi connectivity index (χ1n) is 8.78. The first kappa shape index (κ1) is 19.2. The Morgan fingerprint density at radius 3 is 2.88 bits per heavy atom. The molecule has 1 heterocycles. The molecule has 0 saturated carbocycles. The lowest BCUT2D eigenvalue weighted by Crippen LogP contribution is -2.48. The lowest BCUT2D eigenvalue weighted by Gasteiger charge is -2.37. The number of benzene rings is 1. The highest BCUT2D eigenvalue weighted by Gasteiger charge is 2.30. The van der Waals surface area contributed by atoms with Gasteiger partial charge in [-0.25, -0.2) is 0 Å². The van der Waals surface area contributed by atoms with Crippen molar-refractivity contribution in [1.29, 1.82) is 0 Å². The monoisotopic (exact) mass is 349 g/mol. The highest BCUT2D eigenvalue weighted by atomic mass is 16.5. The zero-order chi connectivity index (χ0) is 18.2. The fourth-order valence-electron chi connectivity index (χ4n) is 3.17. The van der Waals surface area contributed by atoms with Crippen molar-refractivity contribution >= 4 is 11.9 Å². The van der Waals surface area contributed by atoms with E-state index in [2.05, 4.69) is 0 Å². The summed E-state index contributed by atoms with van der Waals surface area (Å²) in [7, 11) is 1.61. The summed E-state index contributed by atoms with van der Waals surface area (Å²) in [5.74, 6) is -0.122. The summed E-state index contributed by atoms with van der Waals surface area (Å²) in [5.41, 5.74) is 0.945. The quantitative estimate of drug-likeness (QED) is 0.781. The molecule has 1 fully saturated rings. The predicted molar refractivity (Wildman–Crippen MR) is 93.5 cm³/mol. The Kier molecular flexibility index (Phi) is 7.25. The van der Waals surface area contributed by atoms with Gasteiger partial charge in [0.25, 0.3) is 5.91 Å². The number of aliphatic carboxylic acids is 1. The summed E-state index contributed by atoms with van der Waals surface area (Å²) in [6.07, 6.45) is 2.89. The van der Waals surface area contributed by atoms with Crippen LogP contribution in [-0.2, 0) is 20.9 Å². The van der Waals surface area contributed by atoms with E-state index in [1.165, 1.54) is 0 Å². The van der Waals surface area contributed by atoms with Crippen LogP contribution in [0.3, 0.4) is 0 Å². The minimum absolute atomic E-state index is 0.000203. The molecule has 6 nitrogen and oxygen atoms in total. The zero-order valence-electron chi connectivity index (χ0n) is 14.9. The van der Waals surface area contributed by atoms with E-state index in [-0.39, 0.29) is 18.4 Å². The molecule has 138 valence electrons. The number of carboxylic acids is 1. The average molecular weight is 349 g/mol. The van der Waals surface area contributed by atoms with Gasteiger partial charge in [-0.1, -0.05) is 12.1 Å². The summed E-state index contributed by atoms with van der Waals surface area (Å²) in [4.78, 5) is 25.4. The maximum absolute atomic E-state index is 12.7. The third-order valence-electron chi connectivity index (χ3n) is 4.58. The summed E-state index contributed by atoms with van der Waals surface area (Å²) in [5, 5.41) is 8.89. The minimum Gasteiger partial charge on any atom is -0.497 e. The molecule has 0 bridgehead atoms. The Balaban J connectivity index is 1.91. The SMILES string of the molecule is COc1cccc(COC(C)C(=O)N2CCCCC2CCC(=O)O)c1. The van der Waals surface area contributed by atoms with Gasteiger partial charge in [-0.3, -0.25) is 9.59 Å². The second-order valence-corrected chi connectivity index (χ2v) is 6.42. The van der Waals surface area contributed by atoms with Gasteiger partial charge in [0, 0.05) is 19.0 Å². The first-order chi connectivity index (χ1) is 12.0. The van der Waals surface area contributed by atoms with Crippen LogP contribution in [0.5, 0.6) is 5.75 Å². The number of carboxylic acid groups (broad SMARTS) is 1. The van der Waals surface area contributed by atoms with Gasteiger partial charge in [-0.15, -0.1) is 0 Å². The van der Waals surface area contributed by atoms with Gasteiger partial charge >= 0.3 is 5.97 Å². The number of amides is 1. The third kappa shape index (κ3) is 5.74.